The number of pyridine rings is 1. The first kappa shape index (κ1) is 16.4. The van der Waals surface area contributed by atoms with Gasteiger partial charge >= 0.3 is 0 Å². The highest BCUT2D eigenvalue weighted by Gasteiger charge is 2.17. The smallest absolute Gasteiger partial charge is 0.269 e. The van der Waals surface area contributed by atoms with Gasteiger partial charge in [-0.2, -0.15) is 5.10 Å². The molecule has 0 unspecified atom stereocenters. The van der Waals surface area contributed by atoms with Crippen LogP contribution in [0.4, 0.5) is 0 Å². The van der Waals surface area contributed by atoms with Crippen molar-refractivity contribution in [3.05, 3.63) is 51.4 Å². The van der Waals surface area contributed by atoms with E-state index < -0.39 is 5.91 Å². The summed E-state index contributed by atoms with van der Waals surface area (Å²) in [5.41, 5.74) is 7.23. The second kappa shape index (κ2) is 6.56. The number of carbonyl (C=O) groups is 2. The Morgan fingerprint density at radius 2 is 2.08 bits per heavy atom. The Bertz CT molecular complexity index is 951. The molecule has 2 amide bonds. The molecule has 2 aromatic heterocycles. The van der Waals surface area contributed by atoms with E-state index in [-0.39, 0.29) is 11.6 Å². The summed E-state index contributed by atoms with van der Waals surface area (Å²) in [5, 5.41) is 7.68. The zero-order chi connectivity index (χ0) is 17.3. The Hall–Kier alpha value is -2.49. The lowest BCUT2D eigenvalue weighted by Crippen LogP contribution is -2.18. The van der Waals surface area contributed by atoms with Gasteiger partial charge in [0, 0.05) is 28.6 Å². The van der Waals surface area contributed by atoms with Crippen LogP contribution >= 0.6 is 22.6 Å². The molecule has 0 aliphatic rings. The molecule has 0 aliphatic heterocycles. The topological polar surface area (TPSA) is 103 Å². The van der Waals surface area contributed by atoms with Gasteiger partial charge in [0.1, 0.15) is 0 Å². The molecule has 7 nitrogen and oxygen atoms in total. The molecule has 0 saturated carbocycles. The van der Waals surface area contributed by atoms with E-state index >= 15 is 0 Å². The first-order valence-electron chi connectivity index (χ1n) is 7.13. The molecule has 0 spiro atoms. The predicted octanol–water partition coefficient (Wildman–Crippen LogP) is 1.76. The molecule has 0 fully saturated rings. The first-order chi connectivity index (χ1) is 11.5. The van der Waals surface area contributed by atoms with E-state index in [1.54, 1.807) is 10.9 Å². The number of carbonyl (C=O) groups excluding carboxylic acids is 2. The van der Waals surface area contributed by atoms with Gasteiger partial charge in [-0.3, -0.25) is 9.59 Å². The molecule has 2 heterocycles. The van der Waals surface area contributed by atoms with Gasteiger partial charge in [-0.15, -0.1) is 0 Å². The molecule has 0 bridgehead atoms. The highest BCUT2D eigenvalue weighted by Crippen LogP contribution is 2.23. The van der Waals surface area contributed by atoms with Crippen molar-refractivity contribution in [1.29, 1.82) is 0 Å². The monoisotopic (exact) mass is 435 g/mol. The molecule has 8 heteroatoms. The number of nitrogens with zero attached hydrogens (tertiary/aromatic N) is 3. The number of rotatable bonds is 4. The minimum absolute atomic E-state index is 0.121. The Labute approximate surface area is 151 Å². The van der Waals surface area contributed by atoms with Crippen LogP contribution in [-0.2, 0) is 11.3 Å². The average Bonchev–Trinajstić information content (AvgIpc) is 2.92. The number of amides is 2. The van der Waals surface area contributed by atoms with Crippen LogP contribution in [0, 0.1) is 3.57 Å². The molecule has 0 radical (unpaired) electrons. The van der Waals surface area contributed by atoms with Gasteiger partial charge in [0.05, 0.1) is 5.52 Å². The van der Waals surface area contributed by atoms with Gasteiger partial charge in [-0.25, -0.2) is 9.67 Å². The lowest BCUT2D eigenvalue weighted by atomic mass is 10.1. The van der Waals surface area contributed by atoms with Crippen LogP contribution in [-0.4, -0.2) is 26.6 Å². The van der Waals surface area contributed by atoms with Crippen LogP contribution < -0.4 is 11.1 Å². The van der Waals surface area contributed by atoms with Crippen LogP contribution in [0.5, 0.6) is 0 Å². The molecule has 122 valence electrons. The highest BCUT2D eigenvalue weighted by atomic mass is 127. The third kappa shape index (κ3) is 3.23. The van der Waals surface area contributed by atoms with Crippen LogP contribution in [0.2, 0.25) is 0 Å². The van der Waals surface area contributed by atoms with E-state index in [0.717, 1.165) is 14.7 Å². The number of fused-ring (bicyclic) bond motifs is 1. The molecule has 3 aromatic rings. The zero-order valence-electron chi connectivity index (χ0n) is 12.8. The Kier molecular flexibility index (Phi) is 4.47. The van der Waals surface area contributed by atoms with Crippen molar-refractivity contribution in [2.75, 3.05) is 0 Å². The largest absolute Gasteiger partial charge is 0.364 e. The van der Waals surface area contributed by atoms with Crippen LogP contribution in [0.25, 0.3) is 16.7 Å². The SMILES string of the molecule is CC(=O)NCc1ccc2c(c1)c(C(N)=O)nn2-c1cc(I)ccn1. The standard InChI is InChI=1S/C16H14IN5O2/c1-9(23)20-8-10-2-3-13-12(6-10)15(16(18)24)21-22(13)14-7-11(17)4-5-19-14/h2-7H,8H2,1H3,(H2,18,24)(H,20,23). The summed E-state index contributed by atoms with van der Waals surface area (Å²) >= 11 is 2.19. The van der Waals surface area contributed by atoms with Crippen LogP contribution in [0.3, 0.4) is 0 Å². The summed E-state index contributed by atoms with van der Waals surface area (Å²) in [4.78, 5) is 27.1. The fraction of sp³-hybridized carbons (Fsp3) is 0.125. The summed E-state index contributed by atoms with van der Waals surface area (Å²) in [7, 11) is 0. The van der Waals surface area contributed by atoms with Crippen molar-refractivity contribution in [2.45, 2.75) is 13.5 Å². The van der Waals surface area contributed by atoms with E-state index in [1.165, 1.54) is 6.92 Å². The van der Waals surface area contributed by atoms with Crippen molar-refractivity contribution in [3.63, 3.8) is 0 Å². The van der Waals surface area contributed by atoms with Gasteiger partial charge in [0.25, 0.3) is 5.91 Å². The summed E-state index contributed by atoms with van der Waals surface area (Å²) in [6.45, 7) is 1.82. The van der Waals surface area contributed by atoms with E-state index in [2.05, 4.69) is 38.0 Å². The molecule has 0 aliphatic carbocycles. The summed E-state index contributed by atoms with van der Waals surface area (Å²) in [6.07, 6.45) is 1.68. The molecule has 0 atom stereocenters. The second-order valence-corrected chi connectivity index (χ2v) is 6.46. The fourth-order valence-electron chi connectivity index (χ4n) is 2.37. The number of primary amides is 1. The number of benzene rings is 1. The number of halogens is 1. The second-order valence-electron chi connectivity index (χ2n) is 5.22. The third-order valence-corrected chi connectivity index (χ3v) is 4.11. The average molecular weight is 435 g/mol. The lowest BCUT2D eigenvalue weighted by molar-refractivity contribution is -0.119. The number of aromatic nitrogens is 3. The zero-order valence-corrected chi connectivity index (χ0v) is 14.9. The van der Waals surface area contributed by atoms with Gasteiger partial charge in [0.15, 0.2) is 11.5 Å². The fourth-order valence-corrected chi connectivity index (χ4v) is 2.81. The maximum atomic E-state index is 11.8. The Morgan fingerprint density at radius 1 is 1.29 bits per heavy atom. The number of hydrogen-bond donors (Lipinski definition) is 2. The number of nitrogens with one attached hydrogen (secondary N) is 1. The number of hydrogen-bond acceptors (Lipinski definition) is 4. The summed E-state index contributed by atoms with van der Waals surface area (Å²) in [6, 6.07) is 9.25. The highest BCUT2D eigenvalue weighted by molar-refractivity contribution is 14.1. The molecular weight excluding hydrogens is 421 g/mol. The van der Waals surface area contributed by atoms with Gasteiger partial charge in [-0.1, -0.05) is 6.07 Å². The molecule has 0 saturated heterocycles. The molecular formula is C16H14IN5O2. The Morgan fingerprint density at radius 3 is 2.75 bits per heavy atom. The number of nitrogens with two attached hydrogens (primary N) is 1. The molecule has 24 heavy (non-hydrogen) atoms. The minimum Gasteiger partial charge on any atom is -0.364 e. The van der Waals surface area contributed by atoms with E-state index in [9.17, 15) is 9.59 Å². The van der Waals surface area contributed by atoms with Gasteiger partial charge < -0.3 is 11.1 Å². The van der Waals surface area contributed by atoms with Gasteiger partial charge in [0.2, 0.25) is 5.91 Å². The molecule has 3 rings (SSSR count). The summed E-state index contributed by atoms with van der Waals surface area (Å²) in [5.74, 6) is -0.126. The van der Waals surface area contributed by atoms with Gasteiger partial charge in [-0.05, 0) is 52.4 Å². The molecule has 1 aromatic carbocycles. The van der Waals surface area contributed by atoms with Crippen molar-refractivity contribution >= 4 is 45.3 Å². The minimum atomic E-state index is -0.610. The third-order valence-electron chi connectivity index (χ3n) is 3.44. The van der Waals surface area contributed by atoms with Crippen LogP contribution in [0.1, 0.15) is 23.0 Å². The normalized spacial score (nSPS) is 10.8. The summed E-state index contributed by atoms with van der Waals surface area (Å²) < 4.78 is 2.60. The van der Waals surface area contributed by atoms with Crippen molar-refractivity contribution in [1.82, 2.24) is 20.1 Å². The van der Waals surface area contributed by atoms with E-state index in [4.69, 9.17) is 5.73 Å². The van der Waals surface area contributed by atoms with Crippen molar-refractivity contribution in [2.24, 2.45) is 5.73 Å². The first-order valence-corrected chi connectivity index (χ1v) is 8.21. The quantitative estimate of drug-likeness (QED) is 0.610. The lowest BCUT2D eigenvalue weighted by Gasteiger charge is -2.05. The molecule has 3 N–H and O–H groups in total. The van der Waals surface area contributed by atoms with Crippen molar-refractivity contribution < 1.29 is 9.59 Å². The maximum Gasteiger partial charge on any atom is 0.269 e. The van der Waals surface area contributed by atoms with E-state index in [0.29, 0.717) is 17.7 Å². The Balaban J connectivity index is 2.15. The van der Waals surface area contributed by atoms with E-state index in [1.807, 2.05) is 30.3 Å². The maximum absolute atomic E-state index is 11.8. The van der Waals surface area contributed by atoms with Crippen LogP contribution in [0.15, 0.2) is 36.5 Å². The predicted molar refractivity (Wildman–Crippen MR) is 97.6 cm³/mol. The van der Waals surface area contributed by atoms with Crippen molar-refractivity contribution in [3.8, 4) is 5.82 Å².